The maximum Gasteiger partial charge on any atom is 0.273 e. The van der Waals surface area contributed by atoms with Crippen molar-refractivity contribution in [2.75, 3.05) is 0 Å². The molecular weight excluding hydrogens is 348 g/mol. The lowest BCUT2D eigenvalue weighted by Crippen LogP contribution is -2.74. The van der Waals surface area contributed by atoms with E-state index < -0.39 is 37.0 Å². The lowest BCUT2D eigenvalue weighted by molar-refractivity contribution is -0.446. The van der Waals surface area contributed by atoms with Gasteiger partial charge in [-0.05, 0) is 11.1 Å². The van der Waals surface area contributed by atoms with Gasteiger partial charge >= 0.3 is 0 Å². The van der Waals surface area contributed by atoms with E-state index in [1.807, 2.05) is 60.7 Å². The average Bonchev–Trinajstić information content (AvgIpc) is 2.72. The molecule has 3 saturated heterocycles. The smallest absolute Gasteiger partial charge is 0.273 e. The van der Waals surface area contributed by atoms with Crippen LogP contribution in [0.1, 0.15) is 11.1 Å². The van der Waals surface area contributed by atoms with Crippen LogP contribution in [0, 0.1) is 0 Å². The van der Waals surface area contributed by atoms with Gasteiger partial charge in [-0.2, -0.15) is 0 Å². The first-order chi connectivity index (χ1) is 13.3. The highest BCUT2D eigenvalue weighted by atomic mass is 16.9. The molecule has 140 valence electrons. The quantitative estimate of drug-likeness (QED) is 0.779. The zero-order valence-corrected chi connectivity index (χ0v) is 14.6. The van der Waals surface area contributed by atoms with Crippen LogP contribution in [0.5, 0.6) is 0 Å². The molecule has 0 amide bonds. The minimum atomic E-state index is -0.823. The molecule has 4 bridgehead atoms. The van der Waals surface area contributed by atoms with Gasteiger partial charge in [-0.15, -0.1) is 0 Å². The van der Waals surface area contributed by atoms with Gasteiger partial charge in [-0.1, -0.05) is 60.7 Å². The van der Waals surface area contributed by atoms with Crippen molar-refractivity contribution in [3.8, 4) is 0 Å². The zero-order chi connectivity index (χ0) is 18.2. The summed E-state index contributed by atoms with van der Waals surface area (Å²) in [5.74, 6) is -0.137. The molecule has 2 aromatic carbocycles. The molecule has 2 aromatic rings. The van der Waals surface area contributed by atoms with Crippen LogP contribution in [0.3, 0.4) is 0 Å². The molecule has 6 atom stereocenters. The third-order valence-corrected chi connectivity index (χ3v) is 5.16. The molecule has 3 aliphatic heterocycles. The first-order valence-corrected chi connectivity index (χ1v) is 9.11. The van der Waals surface area contributed by atoms with E-state index >= 15 is 0 Å². The molecule has 1 saturated carbocycles. The Kier molecular flexibility index (Phi) is 4.51. The van der Waals surface area contributed by atoms with Gasteiger partial charge in [0.2, 0.25) is 0 Å². The molecule has 6 heteroatoms. The normalized spacial score (nSPS) is 34.1. The van der Waals surface area contributed by atoms with Crippen LogP contribution in [-0.4, -0.2) is 42.8 Å². The van der Waals surface area contributed by atoms with Crippen molar-refractivity contribution in [2.45, 2.75) is 50.2 Å². The Morgan fingerprint density at radius 3 is 1.67 bits per heavy atom. The number of carbonyl (C=O) groups is 1. The summed E-state index contributed by atoms with van der Waals surface area (Å²) >= 11 is 0. The summed E-state index contributed by atoms with van der Waals surface area (Å²) in [6.45, 7) is -0.0731. The van der Waals surface area contributed by atoms with Crippen molar-refractivity contribution < 1.29 is 28.5 Å². The van der Waals surface area contributed by atoms with E-state index in [-0.39, 0.29) is 5.78 Å². The summed E-state index contributed by atoms with van der Waals surface area (Å²) in [6, 6.07) is 19.6. The molecule has 4 fully saturated rings. The second-order valence-corrected chi connectivity index (χ2v) is 6.93. The van der Waals surface area contributed by atoms with Gasteiger partial charge < -0.3 is 23.7 Å². The van der Waals surface area contributed by atoms with Crippen LogP contribution in [0.4, 0.5) is 0 Å². The van der Waals surface area contributed by atoms with E-state index in [9.17, 15) is 4.79 Å². The molecule has 0 spiro atoms. The summed E-state index contributed by atoms with van der Waals surface area (Å²) in [5, 5.41) is 0. The molecule has 4 aliphatic rings. The Balaban J connectivity index is 1.32. The van der Waals surface area contributed by atoms with Gasteiger partial charge in [-0.3, -0.25) is 4.79 Å². The summed E-state index contributed by atoms with van der Waals surface area (Å²) in [5.41, 5.74) is 2.05. The van der Waals surface area contributed by atoms with Gasteiger partial charge in [0.25, 0.3) is 6.48 Å². The molecule has 5 unspecified atom stereocenters. The minimum absolute atomic E-state index is 0.137. The fraction of sp³-hybridized carbons (Fsp3) is 0.381. The predicted molar refractivity (Wildman–Crippen MR) is 93.5 cm³/mol. The highest BCUT2D eigenvalue weighted by molar-refractivity contribution is 5.90. The summed E-state index contributed by atoms with van der Waals surface area (Å²) in [7, 11) is 0. The summed E-state index contributed by atoms with van der Waals surface area (Å²) < 4.78 is 29.1. The Hall–Kier alpha value is -2.09. The summed E-state index contributed by atoms with van der Waals surface area (Å²) in [4.78, 5) is 12.8. The maximum absolute atomic E-state index is 12.8. The average molecular weight is 368 g/mol. The van der Waals surface area contributed by atoms with Gasteiger partial charge in [0.1, 0.15) is 18.3 Å². The molecule has 27 heavy (non-hydrogen) atoms. The van der Waals surface area contributed by atoms with Crippen molar-refractivity contribution in [3.63, 3.8) is 0 Å². The van der Waals surface area contributed by atoms with Crippen LogP contribution in [-0.2, 0) is 41.7 Å². The number of ketones is 1. The first kappa shape index (κ1) is 17.0. The van der Waals surface area contributed by atoms with Crippen molar-refractivity contribution in [3.05, 3.63) is 71.8 Å². The van der Waals surface area contributed by atoms with Crippen LogP contribution in [0.25, 0.3) is 0 Å². The molecule has 6 nitrogen and oxygen atoms in total. The maximum atomic E-state index is 12.8. The number of ether oxygens (including phenoxy) is 5. The zero-order valence-electron chi connectivity index (χ0n) is 14.6. The highest BCUT2D eigenvalue weighted by Gasteiger charge is 2.62. The Labute approximate surface area is 156 Å². The third kappa shape index (κ3) is 3.20. The second-order valence-electron chi connectivity index (χ2n) is 6.93. The van der Waals surface area contributed by atoms with Crippen molar-refractivity contribution >= 4 is 5.78 Å². The SMILES string of the molecule is O=C1C2OC3OC(C2OCc2ccccc2)C(OCc2ccccc2)[C@@H]1O3. The Morgan fingerprint density at radius 1 is 0.704 bits per heavy atom. The van der Waals surface area contributed by atoms with Gasteiger partial charge in [-0.25, -0.2) is 0 Å². The van der Waals surface area contributed by atoms with Gasteiger partial charge in [0.05, 0.1) is 13.2 Å². The number of Topliss-reactive ketones (excluding diaryl/α,β-unsaturated/α-hetero) is 1. The van der Waals surface area contributed by atoms with Crippen LogP contribution in [0.15, 0.2) is 60.7 Å². The molecular formula is C21H20O6. The van der Waals surface area contributed by atoms with Crippen LogP contribution < -0.4 is 0 Å². The monoisotopic (exact) mass is 368 g/mol. The Bertz CT molecular complexity index is 731. The fourth-order valence-corrected chi connectivity index (χ4v) is 3.82. The molecule has 0 aromatic heterocycles. The highest BCUT2D eigenvalue weighted by Crippen LogP contribution is 2.40. The van der Waals surface area contributed by atoms with E-state index in [1.165, 1.54) is 0 Å². The molecule has 6 rings (SSSR count). The lowest BCUT2D eigenvalue weighted by Gasteiger charge is -2.54. The number of hydrogen-bond donors (Lipinski definition) is 0. The van der Waals surface area contributed by atoms with Gasteiger partial charge in [0.15, 0.2) is 18.0 Å². The number of rotatable bonds is 6. The van der Waals surface area contributed by atoms with Crippen molar-refractivity contribution in [1.29, 1.82) is 0 Å². The third-order valence-electron chi connectivity index (χ3n) is 5.16. The Morgan fingerprint density at radius 2 is 1.19 bits per heavy atom. The number of benzene rings is 2. The van der Waals surface area contributed by atoms with Crippen LogP contribution in [0.2, 0.25) is 0 Å². The van der Waals surface area contributed by atoms with E-state index in [0.717, 1.165) is 11.1 Å². The van der Waals surface area contributed by atoms with Crippen molar-refractivity contribution in [2.24, 2.45) is 0 Å². The van der Waals surface area contributed by atoms with Crippen molar-refractivity contribution in [1.82, 2.24) is 0 Å². The largest absolute Gasteiger partial charge is 0.368 e. The lowest BCUT2D eigenvalue weighted by atomic mass is 9.83. The molecule has 0 N–H and O–H groups in total. The topological polar surface area (TPSA) is 63.2 Å². The first-order valence-electron chi connectivity index (χ1n) is 9.11. The molecule has 1 aliphatic carbocycles. The number of carbonyl (C=O) groups excluding carboxylic acids is 1. The fourth-order valence-electron chi connectivity index (χ4n) is 3.82. The minimum Gasteiger partial charge on any atom is -0.368 e. The van der Waals surface area contributed by atoms with E-state index in [0.29, 0.717) is 13.2 Å². The van der Waals surface area contributed by atoms with E-state index in [1.54, 1.807) is 0 Å². The van der Waals surface area contributed by atoms with E-state index in [2.05, 4.69) is 0 Å². The molecule has 3 heterocycles. The predicted octanol–water partition coefficient (Wildman–Crippen LogP) is 2.21. The summed E-state index contributed by atoms with van der Waals surface area (Å²) in [6.07, 6.45) is -2.79. The second kappa shape index (κ2) is 7.14. The van der Waals surface area contributed by atoms with Gasteiger partial charge in [0, 0.05) is 0 Å². The standard InChI is InChI=1S/C21H20O6/c22-15-16-18(23-11-13-7-3-1-4-8-13)20-19(17(15)26-21(25-16)27-20)24-12-14-9-5-2-6-10-14/h1-10,16-21H,11-12H2/t16-,17?,18?,19?,20?,21?/m1/s1. The molecule has 0 radical (unpaired) electrons. The van der Waals surface area contributed by atoms with E-state index in [4.69, 9.17) is 23.7 Å². The van der Waals surface area contributed by atoms with Crippen LogP contribution >= 0.6 is 0 Å². The number of hydrogen-bond acceptors (Lipinski definition) is 6.